The molecule has 1 heterocycles. The van der Waals surface area contributed by atoms with Gasteiger partial charge in [-0.25, -0.2) is 0 Å². The van der Waals surface area contributed by atoms with Crippen molar-refractivity contribution in [2.75, 3.05) is 19.7 Å². The number of hydrogen-bond donors (Lipinski definition) is 2. The molecule has 20 heavy (non-hydrogen) atoms. The Hall–Kier alpha value is -1.39. The van der Waals surface area contributed by atoms with Crippen molar-refractivity contribution in [1.29, 1.82) is 0 Å². The maximum Gasteiger partial charge on any atom is 0.219 e. The Bertz CT molecular complexity index is 414. The lowest BCUT2D eigenvalue weighted by atomic mass is 10.0. The molecule has 1 aliphatic rings. The number of hydrogen-bond acceptors (Lipinski definition) is 3. The zero-order chi connectivity index (χ0) is 14.4. The Balaban J connectivity index is 1.81. The maximum atomic E-state index is 11.3. The van der Waals surface area contributed by atoms with E-state index in [9.17, 15) is 9.90 Å². The first-order valence-corrected chi connectivity index (χ1v) is 7.35. The van der Waals surface area contributed by atoms with Gasteiger partial charge in [0.2, 0.25) is 5.91 Å². The fourth-order valence-corrected chi connectivity index (χ4v) is 2.77. The van der Waals surface area contributed by atoms with E-state index in [2.05, 4.69) is 17.4 Å². The van der Waals surface area contributed by atoms with E-state index in [1.54, 1.807) is 6.92 Å². The highest BCUT2D eigenvalue weighted by Crippen LogP contribution is 2.12. The monoisotopic (exact) mass is 276 g/mol. The van der Waals surface area contributed by atoms with Gasteiger partial charge in [0.25, 0.3) is 0 Å². The van der Waals surface area contributed by atoms with Gasteiger partial charge in [-0.15, -0.1) is 0 Å². The maximum absolute atomic E-state index is 11.3. The van der Waals surface area contributed by atoms with Gasteiger partial charge < -0.3 is 15.3 Å². The summed E-state index contributed by atoms with van der Waals surface area (Å²) in [4.78, 5) is 13.2. The van der Waals surface area contributed by atoms with Crippen LogP contribution < -0.4 is 5.32 Å². The SMILES string of the molecule is CC(=O)N1CCC(NC(CO)Cc2ccccc2)CC1. The quantitative estimate of drug-likeness (QED) is 0.849. The molecule has 2 rings (SSSR count). The largest absolute Gasteiger partial charge is 0.395 e. The van der Waals surface area contributed by atoms with E-state index in [0.717, 1.165) is 32.4 Å². The summed E-state index contributed by atoms with van der Waals surface area (Å²) < 4.78 is 0. The van der Waals surface area contributed by atoms with Gasteiger partial charge in [-0.1, -0.05) is 30.3 Å². The van der Waals surface area contributed by atoms with Crippen LogP contribution in [-0.4, -0.2) is 47.7 Å². The van der Waals surface area contributed by atoms with Crippen molar-refractivity contribution < 1.29 is 9.90 Å². The van der Waals surface area contributed by atoms with E-state index in [-0.39, 0.29) is 18.6 Å². The van der Waals surface area contributed by atoms with Crippen molar-refractivity contribution >= 4 is 5.91 Å². The number of carbonyl (C=O) groups excluding carboxylic acids is 1. The van der Waals surface area contributed by atoms with E-state index < -0.39 is 0 Å². The van der Waals surface area contributed by atoms with Crippen LogP contribution in [0.2, 0.25) is 0 Å². The minimum atomic E-state index is 0.0891. The lowest BCUT2D eigenvalue weighted by Gasteiger charge is -2.33. The number of amides is 1. The van der Waals surface area contributed by atoms with Crippen molar-refractivity contribution in [3.8, 4) is 0 Å². The van der Waals surface area contributed by atoms with Gasteiger partial charge in [-0.05, 0) is 24.8 Å². The minimum Gasteiger partial charge on any atom is -0.395 e. The first-order chi connectivity index (χ1) is 9.69. The summed E-state index contributed by atoms with van der Waals surface area (Å²) in [5.41, 5.74) is 1.24. The standard InChI is InChI=1S/C16H24N2O2/c1-13(20)18-9-7-15(8-10-18)17-16(12-19)11-14-5-3-2-4-6-14/h2-6,15-17,19H,7-12H2,1H3. The predicted octanol–water partition coefficient (Wildman–Crippen LogP) is 1.19. The highest BCUT2D eigenvalue weighted by atomic mass is 16.3. The highest BCUT2D eigenvalue weighted by Gasteiger charge is 2.22. The summed E-state index contributed by atoms with van der Waals surface area (Å²) >= 11 is 0. The predicted molar refractivity (Wildman–Crippen MR) is 79.4 cm³/mol. The van der Waals surface area contributed by atoms with Crippen LogP contribution in [0.5, 0.6) is 0 Å². The molecule has 0 saturated carbocycles. The summed E-state index contributed by atoms with van der Waals surface area (Å²) in [6.45, 7) is 3.40. The average Bonchev–Trinajstić information content (AvgIpc) is 2.48. The van der Waals surface area contributed by atoms with E-state index in [1.807, 2.05) is 23.1 Å². The van der Waals surface area contributed by atoms with Crippen LogP contribution in [0.1, 0.15) is 25.3 Å². The molecule has 110 valence electrons. The number of nitrogens with one attached hydrogen (secondary N) is 1. The molecule has 1 atom stereocenters. The number of likely N-dealkylation sites (tertiary alicyclic amines) is 1. The van der Waals surface area contributed by atoms with Gasteiger partial charge in [0.1, 0.15) is 0 Å². The Labute approximate surface area is 120 Å². The van der Waals surface area contributed by atoms with Crippen LogP contribution >= 0.6 is 0 Å². The van der Waals surface area contributed by atoms with Crippen molar-refractivity contribution in [3.63, 3.8) is 0 Å². The number of rotatable bonds is 5. The third-order valence-corrected chi connectivity index (χ3v) is 3.96. The van der Waals surface area contributed by atoms with Gasteiger partial charge in [-0.3, -0.25) is 4.79 Å². The van der Waals surface area contributed by atoms with Gasteiger partial charge in [0.05, 0.1) is 6.61 Å². The molecule has 2 N–H and O–H groups in total. The topological polar surface area (TPSA) is 52.6 Å². The molecule has 1 amide bonds. The van der Waals surface area contributed by atoms with Gasteiger partial charge in [-0.2, -0.15) is 0 Å². The van der Waals surface area contributed by atoms with Crippen LogP contribution in [0.25, 0.3) is 0 Å². The Morgan fingerprint density at radius 2 is 2.00 bits per heavy atom. The molecule has 0 bridgehead atoms. The number of carbonyl (C=O) groups is 1. The van der Waals surface area contributed by atoms with Crippen LogP contribution in [0, 0.1) is 0 Å². The summed E-state index contributed by atoms with van der Waals surface area (Å²) in [5.74, 6) is 0.159. The summed E-state index contributed by atoms with van der Waals surface area (Å²) in [5, 5.41) is 13.1. The normalized spacial score (nSPS) is 18.0. The number of nitrogens with zero attached hydrogens (tertiary/aromatic N) is 1. The van der Waals surface area contributed by atoms with E-state index in [4.69, 9.17) is 0 Å². The van der Waals surface area contributed by atoms with Crippen LogP contribution in [0.4, 0.5) is 0 Å². The highest BCUT2D eigenvalue weighted by molar-refractivity contribution is 5.73. The van der Waals surface area contributed by atoms with E-state index >= 15 is 0 Å². The Morgan fingerprint density at radius 1 is 1.35 bits per heavy atom. The first kappa shape index (κ1) is 15.0. The second-order valence-corrected chi connectivity index (χ2v) is 5.52. The van der Waals surface area contributed by atoms with Crippen molar-refractivity contribution in [2.24, 2.45) is 0 Å². The Morgan fingerprint density at radius 3 is 2.55 bits per heavy atom. The Kier molecular flexibility index (Phi) is 5.56. The lowest BCUT2D eigenvalue weighted by Crippen LogP contribution is -2.48. The van der Waals surface area contributed by atoms with Gasteiger partial charge in [0, 0.05) is 32.1 Å². The number of aliphatic hydroxyl groups is 1. The van der Waals surface area contributed by atoms with Crippen molar-refractivity contribution in [1.82, 2.24) is 10.2 Å². The molecular formula is C16H24N2O2. The molecule has 0 aliphatic carbocycles. The number of benzene rings is 1. The fourth-order valence-electron chi connectivity index (χ4n) is 2.77. The lowest BCUT2D eigenvalue weighted by molar-refractivity contribution is -0.129. The summed E-state index contributed by atoms with van der Waals surface area (Å²) in [7, 11) is 0. The third kappa shape index (κ3) is 4.32. The molecule has 1 unspecified atom stereocenters. The second kappa shape index (κ2) is 7.41. The zero-order valence-electron chi connectivity index (χ0n) is 12.1. The molecule has 1 aromatic carbocycles. The molecule has 0 spiro atoms. The van der Waals surface area contributed by atoms with Crippen LogP contribution in [0.15, 0.2) is 30.3 Å². The zero-order valence-corrected chi connectivity index (χ0v) is 12.1. The van der Waals surface area contributed by atoms with Gasteiger partial charge in [0.15, 0.2) is 0 Å². The van der Waals surface area contributed by atoms with Crippen LogP contribution in [-0.2, 0) is 11.2 Å². The minimum absolute atomic E-state index is 0.0891. The average molecular weight is 276 g/mol. The molecule has 0 radical (unpaired) electrons. The van der Waals surface area contributed by atoms with Crippen molar-refractivity contribution in [2.45, 2.75) is 38.3 Å². The molecule has 0 aromatic heterocycles. The fraction of sp³-hybridized carbons (Fsp3) is 0.562. The smallest absolute Gasteiger partial charge is 0.219 e. The summed E-state index contributed by atoms with van der Waals surface area (Å²) in [6.07, 6.45) is 2.76. The van der Waals surface area contributed by atoms with Crippen molar-refractivity contribution in [3.05, 3.63) is 35.9 Å². The molecule has 1 saturated heterocycles. The van der Waals surface area contributed by atoms with Gasteiger partial charge >= 0.3 is 0 Å². The van der Waals surface area contributed by atoms with Crippen LogP contribution in [0.3, 0.4) is 0 Å². The second-order valence-electron chi connectivity index (χ2n) is 5.52. The summed E-state index contributed by atoms with van der Waals surface area (Å²) in [6, 6.07) is 10.7. The molecule has 4 heteroatoms. The molecular weight excluding hydrogens is 252 g/mol. The molecule has 1 aliphatic heterocycles. The first-order valence-electron chi connectivity index (χ1n) is 7.35. The number of aliphatic hydroxyl groups excluding tert-OH is 1. The third-order valence-electron chi connectivity index (χ3n) is 3.96. The molecule has 1 fully saturated rings. The van der Waals surface area contributed by atoms with E-state index in [0.29, 0.717) is 6.04 Å². The molecule has 1 aromatic rings. The van der Waals surface area contributed by atoms with E-state index in [1.165, 1.54) is 5.56 Å². The number of piperidine rings is 1. The molecule has 4 nitrogen and oxygen atoms in total.